The summed E-state index contributed by atoms with van der Waals surface area (Å²) in [5, 5.41) is 11.1. The zero-order valence-electron chi connectivity index (χ0n) is 16.0. The first kappa shape index (κ1) is 24.5. The Bertz CT molecular complexity index is 1030. The third-order valence-corrected chi connectivity index (χ3v) is 6.20. The van der Waals surface area contributed by atoms with Crippen molar-refractivity contribution >= 4 is 56.8 Å². The van der Waals surface area contributed by atoms with Crippen LogP contribution in [0.15, 0.2) is 47.4 Å². The van der Waals surface area contributed by atoms with Crippen LogP contribution in [-0.4, -0.2) is 38.3 Å². The van der Waals surface area contributed by atoms with E-state index in [0.717, 1.165) is 0 Å². The minimum absolute atomic E-state index is 0.0427. The number of halogens is 2. The molecule has 1 atom stereocenters. The first-order chi connectivity index (χ1) is 14.1. The highest BCUT2D eigenvalue weighted by Gasteiger charge is 2.22. The molecule has 2 aromatic rings. The summed E-state index contributed by atoms with van der Waals surface area (Å²) in [6, 6.07) is 9.65. The molecule has 0 aliphatic heterocycles. The number of thioether (sulfide) groups is 1. The zero-order valence-corrected chi connectivity index (χ0v) is 19.2. The maximum absolute atomic E-state index is 12.7. The van der Waals surface area contributed by atoms with E-state index in [1.807, 2.05) is 6.26 Å². The summed E-state index contributed by atoms with van der Waals surface area (Å²) in [5.74, 6) is -0.245. The predicted molar refractivity (Wildman–Crippen MR) is 120 cm³/mol. The molecule has 30 heavy (non-hydrogen) atoms. The Kier molecular flexibility index (Phi) is 8.99. The lowest BCUT2D eigenvalue weighted by molar-refractivity contribution is -0.123. The van der Waals surface area contributed by atoms with Crippen molar-refractivity contribution in [3.63, 3.8) is 0 Å². The summed E-state index contributed by atoms with van der Waals surface area (Å²) < 4.78 is 23.0. The van der Waals surface area contributed by atoms with Crippen LogP contribution in [0.5, 0.6) is 0 Å². The second-order valence-corrected chi connectivity index (χ2v) is 9.73. The molecule has 2 rings (SSSR count). The highest BCUT2D eigenvalue weighted by atomic mass is 35.5. The average molecular weight is 490 g/mol. The molecule has 0 fully saturated rings. The van der Waals surface area contributed by atoms with Gasteiger partial charge in [-0.05, 0) is 54.3 Å². The van der Waals surface area contributed by atoms with Crippen molar-refractivity contribution in [3.8, 4) is 0 Å². The van der Waals surface area contributed by atoms with Crippen LogP contribution in [0.1, 0.15) is 22.3 Å². The van der Waals surface area contributed by atoms with Gasteiger partial charge in [0, 0.05) is 11.6 Å². The number of carbonyl (C=O) groups is 2. The molecule has 0 bridgehead atoms. The molecule has 2 amide bonds. The zero-order chi connectivity index (χ0) is 22.3. The van der Waals surface area contributed by atoms with E-state index in [0.29, 0.717) is 22.8 Å². The third-order valence-electron chi connectivity index (χ3n) is 4.10. The third kappa shape index (κ3) is 7.17. The number of benzene rings is 2. The summed E-state index contributed by atoms with van der Waals surface area (Å²) in [5.41, 5.74) is 0.773. The van der Waals surface area contributed by atoms with Crippen LogP contribution >= 0.6 is 35.0 Å². The Balaban J connectivity index is 2.09. The van der Waals surface area contributed by atoms with Gasteiger partial charge in [0.05, 0.1) is 15.5 Å². The maximum Gasteiger partial charge on any atom is 0.253 e. The van der Waals surface area contributed by atoms with E-state index in [2.05, 4.69) is 10.6 Å². The highest BCUT2D eigenvalue weighted by Crippen LogP contribution is 2.21. The Morgan fingerprint density at radius 3 is 2.53 bits per heavy atom. The van der Waals surface area contributed by atoms with Crippen LogP contribution in [0.25, 0.3) is 0 Å². The van der Waals surface area contributed by atoms with Gasteiger partial charge >= 0.3 is 0 Å². The van der Waals surface area contributed by atoms with Gasteiger partial charge in [0.15, 0.2) is 0 Å². The number of primary sulfonamides is 1. The lowest BCUT2D eigenvalue weighted by Crippen LogP contribution is -2.47. The van der Waals surface area contributed by atoms with Crippen LogP contribution in [0.4, 0.5) is 0 Å². The van der Waals surface area contributed by atoms with Crippen molar-refractivity contribution < 1.29 is 18.0 Å². The van der Waals surface area contributed by atoms with Gasteiger partial charge < -0.3 is 10.6 Å². The molecule has 0 spiro atoms. The molecular formula is C19H21Cl2N3O4S2. The van der Waals surface area contributed by atoms with Gasteiger partial charge in [-0.3, -0.25) is 9.59 Å². The summed E-state index contributed by atoms with van der Waals surface area (Å²) in [4.78, 5) is 25.2. The van der Waals surface area contributed by atoms with E-state index in [4.69, 9.17) is 28.3 Å². The number of amides is 2. The maximum atomic E-state index is 12.7. The van der Waals surface area contributed by atoms with Crippen LogP contribution in [0.3, 0.4) is 0 Å². The molecule has 0 saturated carbocycles. The molecule has 11 heteroatoms. The first-order valence-corrected chi connectivity index (χ1v) is 12.5. The number of nitrogens with two attached hydrogens (primary N) is 1. The molecule has 162 valence electrons. The normalized spacial score (nSPS) is 12.3. The van der Waals surface area contributed by atoms with Crippen molar-refractivity contribution in [2.75, 3.05) is 12.0 Å². The fourth-order valence-corrected chi connectivity index (χ4v) is 4.11. The Hall–Kier alpha value is -1.78. The molecule has 1 unspecified atom stereocenters. The minimum Gasteiger partial charge on any atom is -0.350 e. The van der Waals surface area contributed by atoms with Gasteiger partial charge in [0.2, 0.25) is 15.9 Å². The standard InChI is InChI=1S/C19H21Cl2N3O4S2/c1-29-8-7-17(24-18(25)15-6-5-13(20)10-16(15)21)19(26)23-11-12-3-2-4-14(9-12)30(22,27)28/h2-6,9-10,17H,7-8,11H2,1H3,(H,23,26)(H,24,25)(H2,22,27,28). The van der Waals surface area contributed by atoms with Gasteiger partial charge in [-0.1, -0.05) is 35.3 Å². The Morgan fingerprint density at radius 1 is 1.17 bits per heavy atom. The molecule has 4 N–H and O–H groups in total. The smallest absolute Gasteiger partial charge is 0.253 e. The van der Waals surface area contributed by atoms with Crippen molar-refractivity contribution in [2.45, 2.75) is 23.9 Å². The van der Waals surface area contributed by atoms with Crippen molar-refractivity contribution in [1.82, 2.24) is 10.6 Å². The lowest BCUT2D eigenvalue weighted by Gasteiger charge is -2.19. The van der Waals surface area contributed by atoms with Crippen molar-refractivity contribution in [3.05, 3.63) is 63.6 Å². The van der Waals surface area contributed by atoms with E-state index in [9.17, 15) is 18.0 Å². The predicted octanol–water partition coefficient (Wildman–Crippen LogP) is 2.81. The second-order valence-electron chi connectivity index (χ2n) is 6.34. The topological polar surface area (TPSA) is 118 Å². The SMILES string of the molecule is CSCCC(NC(=O)c1ccc(Cl)cc1Cl)C(=O)NCc1cccc(S(N)(=O)=O)c1. The van der Waals surface area contributed by atoms with Gasteiger partial charge in [0.1, 0.15) is 6.04 Å². The molecule has 7 nitrogen and oxygen atoms in total. The highest BCUT2D eigenvalue weighted by molar-refractivity contribution is 7.98. The summed E-state index contributed by atoms with van der Waals surface area (Å²) in [6.45, 7) is 0.0789. The van der Waals surface area contributed by atoms with Crippen molar-refractivity contribution in [2.24, 2.45) is 5.14 Å². The number of hydrogen-bond acceptors (Lipinski definition) is 5. The van der Waals surface area contributed by atoms with E-state index in [-0.39, 0.29) is 22.0 Å². The summed E-state index contributed by atoms with van der Waals surface area (Å²) >= 11 is 13.5. The van der Waals surface area contributed by atoms with Crippen LogP contribution in [0.2, 0.25) is 10.0 Å². The van der Waals surface area contributed by atoms with Gasteiger partial charge in [-0.2, -0.15) is 11.8 Å². The number of nitrogens with one attached hydrogen (secondary N) is 2. The van der Waals surface area contributed by atoms with Crippen LogP contribution in [0, 0.1) is 0 Å². The Morgan fingerprint density at radius 2 is 1.90 bits per heavy atom. The summed E-state index contributed by atoms with van der Waals surface area (Å²) in [7, 11) is -3.84. The molecule has 0 aliphatic carbocycles. The van der Waals surface area contributed by atoms with E-state index in [1.165, 1.54) is 48.2 Å². The summed E-state index contributed by atoms with van der Waals surface area (Å²) in [6.07, 6.45) is 2.30. The quantitative estimate of drug-likeness (QED) is 0.500. The molecular weight excluding hydrogens is 469 g/mol. The number of carbonyl (C=O) groups excluding carboxylic acids is 2. The van der Waals surface area contributed by atoms with Crippen LogP contribution in [-0.2, 0) is 21.4 Å². The second kappa shape index (κ2) is 11.0. The average Bonchev–Trinajstić information content (AvgIpc) is 2.68. The largest absolute Gasteiger partial charge is 0.350 e. The Labute approximate surface area is 189 Å². The van der Waals surface area contributed by atoms with Gasteiger partial charge in [-0.15, -0.1) is 0 Å². The van der Waals surface area contributed by atoms with Gasteiger partial charge in [0.25, 0.3) is 5.91 Å². The monoisotopic (exact) mass is 489 g/mol. The molecule has 2 aromatic carbocycles. The van der Waals surface area contributed by atoms with Crippen LogP contribution < -0.4 is 15.8 Å². The fourth-order valence-electron chi connectivity index (χ4n) is 2.56. The molecule has 0 radical (unpaired) electrons. The van der Waals surface area contributed by atoms with Crippen molar-refractivity contribution in [1.29, 1.82) is 0 Å². The number of sulfonamides is 1. The molecule has 0 aromatic heterocycles. The molecule has 0 aliphatic rings. The number of rotatable bonds is 9. The fraction of sp³-hybridized carbons (Fsp3) is 0.263. The van der Waals surface area contributed by atoms with Gasteiger partial charge in [-0.25, -0.2) is 13.6 Å². The molecule has 0 heterocycles. The lowest BCUT2D eigenvalue weighted by atomic mass is 10.1. The minimum atomic E-state index is -3.84. The van der Waals surface area contributed by atoms with E-state index >= 15 is 0 Å². The van der Waals surface area contributed by atoms with E-state index in [1.54, 1.807) is 6.07 Å². The van der Waals surface area contributed by atoms with E-state index < -0.39 is 27.9 Å². The molecule has 0 saturated heterocycles. The number of hydrogen-bond donors (Lipinski definition) is 3. The first-order valence-electron chi connectivity index (χ1n) is 8.76.